The summed E-state index contributed by atoms with van der Waals surface area (Å²) in [6.45, 7) is 2.56. The van der Waals surface area contributed by atoms with Crippen LogP contribution in [-0.4, -0.2) is 38.6 Å². The van der Waals surface area contributed by atoms with E-state index < -0.39 is 5.41 Å². The Morgan fingerprint density at radius 1 is 1.22 bits per heavy atom. The smallest absolute Gasteiger partial charge is 0.228 e. The van der Waals surface area contributed by atoms with Gasteiger partial charge in [0.1, 0.15) is 0 Å². The van der Waals surface area contributed by atoms with Crippen molar-refractivity contribution >= 4 is 17.5 Å². The van der Waals surface area contributed by atoms with Gasteiger partial charge in [-0.2, -0.15) is 0 Å². The minimum atomic E-state index is -0.450. The Bertz CT molecular complexity index is 644. The highest BCUT2D eigenvalue weighted by atomic mass is 16.5. The lowest BCUT2D eigenvalue weighted by Gasteiger charge is -2.35. The largest absolute Gasteiger partial charge is 0.384 e. The molecule has 1 aromatic rings. The molecule has 1 aliphatic carbocycles. The molecule has 2 amide bonds. The average molecular weight is 373 g/mol. The van der Waals surface area contributed by atoms with Crippen molar-refractivity contribution in [3.63, 3.8) is 0 Å². The third kappa shape index (κ3) is 5.08. The predicted molar refractivity (Wildman–Crippen MR) is 105 cm³/mol. The van der Waals surface area contributed by atoms with Crippen LogP contribution in [-0.2, 0) is 20.9 Å². The van der Waals surface area contributed by atoms with Crippen molar-refractivity contribution in [1.82, 2.24) is 10.6 Å². The highest BCUT2D eigenvalue weighted by molar-refractivity contribution is 5.92. The third-order valence-electron chi connectivity index (χ3n) is 5.84. The van der Waals surface area contributed by atoms with Gasteiger partial charge < -0.3 is 20.7 Å². The maximum absolute atomic E-state index is 12.8. The molecular formula is C21H31N3O3. The molecule has 1 aromatic carbocycles. The minimum absolute atomic E-state index is 0.0474. The first-order valence-corrected chi connectivity index (χ1v) is 10.0. The number of amides is 2. The Hall–Kier alpha value is -1.92. The zero-order valence-corrected chi connectivity index (χ0v) is 16.2. The standard InChI is InChI=1S/C21H31N3O3/c1-27-15-21(9-11-22-12-10-21)20(26)23-14-16-5-4-8-18(13-16)24-19(25)17-6-2-3-7-17/h4-5,8,13,17,22H,2-3,6-7,9-12,14-15H2,1H3,(H,23,26)(H,24,25). The number of ether oxygens (including phenoxy) is 1. The SMILES string of the molecule is COCC1(C(=O)NCc2cccc(NC(=O)C3CCCC3)c2)CCNCC1. The van der Waals surface area contributed by atoms with Gasteiger partial charge in [0, 0.05) is 25.3 Å². The second kappa shape index (κ2) is 9.33. The zero-order valence-electron chi connectivity index (χ0n) is 16.2. The fraction of sp³-hybridized carbons (Fsp3) is 0.619. The van der Waals surface area contributed by atoms with Gasteiger partial charge >= 0.3 is 0 Å². The minimum Gasteiger partial charge on any atom is -0.384 e. The number of rotatable bonds is 7. The molecule has 148 valence electrons. The summed E-state index contributed by atoms with van der Waals surface area (Å²) >= 11 is 0. The molecule has 0 unspecified atom stereocenters. The number of methoxy groups -OCH3 is 1. The van der Waals surface area contributed by atoms with Crippen LogP contribution in [0.3, 0.4) is 0 Å². The van der Waals surface area contributed by atoms with Crippen molar-refractivity contribution in [2.75, 3.05) is 32.1 Å². The van der Waals surface area contributed by atoms with E-state index in [0.29, 0.717) is 13.2 Å². The van der Waals surface area contributed by atoms with Crippen molar-refractivity contribution in [2.45, 2.75) is 45.1 Å². The molecule has 0 bridgehead atoms. The van der Waals surface area contributed by atoms with E-state index >= 15 is 0 Å². The monoisotopic (exact) mass is 373 g/mol. The van der Waals surface area contributed by atoms with Crippen molar-refractivity contribution < 1.29 is 14.3 Å². The van der Waals surface area contributed by atoms with Gasteiger partial charge in [-0.15, -0.1) is 0 Å². The summed E-state index contributed by atoms with van der Waals surface area (Å²) in [5.74, 6) is 0.302. The van der Waals surface area contributed by atoms with E-state index in [-0.39, 0.29) is 17.7 Å². The van der Waals surface area contributed by atoms with Crippen LogP contribution in [0.5, 0.6) is 0 Å². The van der Waals surface area contributed by atoms with Gasteiger partial charge in [-0.25, -0.2) is 0 Å². The number of carbonyl (C=O) groups is 2. The van der Waals surface area contributed by atoms with E-state index in [1.54, 1.807) is 7.11 Å². The molecule has 1 saturated heterocycles. The lowest BCUT2D eigenvalue weighted by atomic mass is 9.78. The van der Waals surface area contributed by atoms with E-state index in [4.69, 9.17) is 4.74 Å². The Kier molecular flexibility index (Phi) is 6.85. The van der Waals surface area contributed by atoms with Gasteiger partial charge in [0.05, 0.1) is 12.0 Å². The third-order valence-corrected chi connectivity index (χ3v) is 5.84. The number of benzene rings is 1. The first-order valence-electron chi connectivity index (χ1n) is 10.0. The number of hydrogen-bond acceptors (Lipinski definition) is 4. The molecule has 6 nitrogen and oxygen atoms in total. The van der Waals surface area contributed by atoms with Crippen molar-refractivity contribution in [1.29, 1.82) is 0 Å². The van der Waals surface area contributed by atoms with Crippen LogP contribution < -0.4 is 16.0 Å². The van der Waals surface area contributed by atoms with Crippen LogP contribution in [0.4, 0.5) is 5.69 Å². The predicted octanol–water partition coefficient (Wildman–Crippen LogP) is 2.45. The van der Waals surface area contributed by atoms with E-state index in [9.17, 15) is 9.59 Å². The molecule has 0 aromatic heterocycles. The molecule has 3 N–H and O–H groups in total. The van der Waals surface area contributed by atoms with E-state index in [0.717, 1.165) is 62.9 Å². The summed E-state index contributed by atoms with van der Waals surface area (Å²) in [5.41, 5.74) is 1.33. The number of nitrogens with one attached hydrogen (secondary N) is 3. The summed E-state index contributed by atoms with van der Waals surface area (Å²) in [6, 6.07) is 7.73. The van der Waals surface area contributed by atoms with Crippen molar-refractivity contribution in [2.24, 2.45) is 11.3 Å². The summed E-state index contributed by atoms with van der Waals surface area (Å²) in [5, 5.41) is 9.39. The van der Waals surface area contributed by atoms with Crippen LogP contribution in [0.1, 0.15) is 44.1 Å². The molecule has 0 atom stereocenters. The molecule has 3 rings (SSSR count). The highest BCUT2D eigenvalue weighted by Gasteiger charge is 2.39. The fourth-order valence-electron chi connectivity index (χ4n) is 4.18. The lowest BCUT2D eigenvalue weighted by Crippen LogP contribution is -2.49. The number of piperidine rings is 1. The second-order valence-electron chi connectivity index (χ2n) is 7.82. The Labute approximate surface area is 161 Å². The summed E-state index contributed by atoms with van der Waals surface area (Å²) < 4.78 is 5.33. The normalized spacial score (nSPS) is 19.6. The maximum Gasteiger partial charge on any atom is 0.228 e. The molecule has 0 radical (unpaired) electrons. The van der Waals surface area contributed by atoms with Crippen molar-refractivity contribution in [3.05, 3.63) is 29.8 Å². The van der Waals surface area contributed by atoms with E-state index in [1.165, 1.54) is 0 Å². The van der Waals surface area contributed by atoms with Crippen LogP contribution in [0.25, 0.3) is 0 Å². The lowest BCUT2D eigenvalue weighted by molar-refractivity contribution is -0.136. The molecule has 1 saturated carbocycles. The molecule has 2 fully saturated rings. The Morgan fingerprint density at radius 3 is 2.67 bits per heavy atom. The quantitative estimate of drug-likeness (QED) is 0.686. The van der Waals surface area contributed by atoms with Gasteiger partial charge in [-0.3, -0.25) is 9.59 Å². The van der Waals surface area contributed by atoms with E-state index in [1.807, 2.05) is 24.3 Å². The maximum atomic E-state index is 12.8. The van der Waals surface area contributed by atoms with Crippen molar-refractivity contribution in [3.8, 4) is 0 Å². The molecule has 0 spiro atoms. The second-order valence-corrected chi connectivity index (χ2v) is 7.82. The summed E-state index contributed by atoms with van der Waals surface area (Å²) in [7, 11) is 1.65. The molecule has 2 aliphatic rings. The zero-order chi connectivity index (χ0) is 19.1. The molecule has 1 aliphatic heterocycles. The molecule has 1 heterocycles. The van der Waals surface area contributed by atoms with Gasteiger partial charge in [-0.1, -0.05) is 25.0 Å². The van der Waals surface area contributed by atoms with Gasteiger partial charge in [0.25, 0.3) is 0 Å². The van der Waals surface area contributed by atoms with Crippen LogP contribution in [0.15, 0.2) is 24.3 Å². The van der Waals surface area contributed by atoms with E-state index in [2.05, 4.69) is 16.0 Å². The van der Waals surface area contributed by atoms with Crippen LogP contribution >= 0.6 is 0 Å². The number of anilines is 1. The van der Waals surface area contributed by atoms with Gasteiger partial charge in [0.2, 0.25) is 11.8 Å². The summed E-state index contributed by atoms with van der Waals surface area (Å²) in [4.78, 5) is 25.1. The van der Waals surface area contributed by atoms with Crippen LogP contribution in [0.2, 0.25) is 0 Å². The van der Waals surface area contributed by atoms with Gasteiger partial charge in [-0.05, 0) is 56.5 Å². The Balaban J connectivity index is 1.57. The number of carbonyl (C=O) groups excluding carboxylic acids is 2. The summed E-state index contributed by atoms with van der Waals surface area (Å²) in [6.07, 6.45) is 5.82. The Morgan fingerprint density at radius 2 is 1.96 bits per heavy atom. The van der Waals surface area contributed by atoms with Crippen LogP contribution in [0, 0.1) is 11.3 Å². The fourth-order valence-corrected chi connectivity index (χ4v) is 4.18. The highest BCUT2D eigenvalue weighted by Crippen LogP contribution is 2.30. The topological polar surface area (TPSA) is 79.5 Å². The number of hydrogen-bond donors (Lipinski definition) is 3. The first kappa shape index (κ1) is 19.8. The molecule has 6 heteroatoms. The van der Waals surface area contributed by atoms with Gasteiger partial charge in [0.15, 0.2) is 0 Å². The molecular weight excluding hydrogens is 342 g/mol. The molecule has 27 heavy (non-hydrogen) atoms. The first-order chi connectivity index (χ1) is 13.1. The average Bonchev–Trinajstić information content (AvgIpc) is 3.22.